The molecule has 4 heterocycles. The molecule has 4 rings (SSSR count). The van der Waals surface area contributed by atoms with Gasteiger partial charge in [0.25, 0.3) is 5.91 Å². The molecule has 1 aromatic rings. The number of aromatic nitrogens is 3. The molecule has 2 fully saturated rings. The van der Waals surface area contributed by atoms with Crippen molar-refractivity contribution in [3.05, 3.63) is 11.6 Å². The maximum atomic E-state index is 13.0. The Balaban J connectivity index is 1.48. The van der Waals surface area contributed by atoms with Crippen molar-refractivity contribution in [3.8, 4) is 0 Å². The predicted octanol–water partition coefficient (Wildman–Crippen LogP) is 1.48. The van der Waals surface area contributed by atoms with Crippen LogP contribution < -0.4 is 0 Å². The highest BCUT2D eigenvalue weighted by Crippen LogP contribution is 2.32. The van der Waals surface area contributed by atoms with Gasteiger partial charge in [-0.3, -0.25) is 9.59 Å². The van der Waals surface area contributed by atoms with Crippen molar-refractivity contribution in [1.29, 1.82) is 0 Å². The van der Waals surface area contributed by atoms with Gasteiger partial charge in [0, 0.05) is 45.1 Å². The fourth-order valence-corrected chi connectivity index (χ4v) is 4.68. The molecule has 2 unspecified atom stereocenters. The fourth-order valence-electron chi connectivity index (χ4n) is 4.68. The number of carbonyl (C=O) groups excluding carboxylic acids is 2. The molecular weight excluding hydrogens is 318 g/mol. The van der Waals surface area contributed by atoms with Crippen LogP contribution in [0.1, 0.15) is 61.9 Å². The van der Waals surface area contributed by atoms with E-state index < -0.39 is 0 Å². The summed E-state index contributed by atoms with van der Waals surface area (Å²) < 4.78 is 2.01. The molecule has 2 amide bonds. The van der Waals surface area contributed by atoms with E-state index in [2.05, 4.69) is 22.0 Å². The van der Waals surface area contributed by atoms with Crippen LogP contribution in [0.5, 0.6) is 0 Å². The molecule has 0 spiro atoms. The van der Waals surface area contributed by atoms with Crippen LogP contribution in [0.2, 0.25) is 0 Å². The van der Waals surface area contributed by atoms with Gasteiger partial charge < -0.3 is 14.4 Å². The summed E-state index contributed by atoms with van der Waals surface area (Å²) >= 11 is 0. The number of amides is 2. The number of hydrogen-bond donors (Lipinski definition) is 0. The molecule has 7 nitrogen and oxygen atoms in total. The van der Waals surface area contributed by atoms with Gasteiger partial charge in [0.15, 0.2) is 0 Å². The third-order valence-electron chi connectivity index (χ3n) is 5.95. The third kappa shape index (κ3) is 2.93. The zero-order chi connectivity index (χ0) is 17.4. The first-order valence-electron chi connectivity index (χ1n) is 9.70. The van der Waals surface area contributed by atoms with Crippen LogP contribution in [-0.4, -0.2) is 62.1 Å². The van der Waals surface area contributed by atoms with Gasteiger partial charge in [-0.2, -0.15) is 0 Å². The van der Waals surface area contributed by atoms with Gasteiger partial charge in [0.1, 0.15) is 5.82 Å². The SMILES string of the molecule is CCCN1C(=O)CCC2CN(C(=O)c3nnc4n3CCCC4)CCC21. The maximum absolute atomic E-state index is 13.0. The molecule has 3 aliphatic rings. The highest BCUT2D eigenvalue weighted by Gasteiger charge is 2.40. The maximum Gasteiger partial charge on any atom is 0.291 e. The van der Waals surface area contributed by atoms with Crippen LogP contribution in [0.3, 0.4) is 0 Å². The van der Waals surface area contributed by atoms with Crippen molar-refractivity contribution in [2.75, 3.05) is 19.6 Å². The van der Waals surface area contributed by atoms with Crippen LogP contribution in [0.25, 0.3) is 0 Å². The van der Waals surface area contributed by atoms with E-state index in [0.29, 0.717) is 30.7 Å². The van der Waals surface area contributed by atoms with Gasteiger partial charge in [-0.1, -0.05) is 6.92 Å². The molecule has 7 heteroatoms. The molecule has 0 aliphatic carbocycles. The smallest absolute Gasteiger partial charge is 0.291 e. The van der Waals surface area contributed by atoms with Gasteiger partial charge in [0.05, 0.1) is 0 Å². The van der Waals surface area contributed by atoms with E-state index >= 15 is 0 Å². The minimum atomic E-state index is 0.0121. The lowest BCUT2D eigenvalue weighted by Crippen LogP contribution is -2.57. The second-order valence-electron chi connectivity index (χ2n) is 7.54. The van der Waals surface area contributed by atoms with E-state index in [0.717, 1.165) is 64.0 Å². The molecular formula is C18H27N5O2. The summed E-state index contributed by atoms with van der Waals surface area (Å²) in [6.45, 7) is 5.24. The number of rotatable bonds is 3. The van der Waals surface area contributed by atoms with E-state index in [1.807, 2.05) is 9.47 Å². The summed E-state index contributed by atoms with van der Waals surface area (Å²) in [5, 5.41) is 8.40. The first kappa shape index (κ1) is 16.5. The Morgan fingerprint density at radius 3 is 2.88 bits per heavy atom. The van der Waals surface area contributed by atoms with Crippen LogP contribution in [0.15, 0.2) is 0 Å². The normalized spacial score (nSPS) is 26.4. The van der Waals surface area contributed by atoms with Crippen LogP contribution in [-0.2, 0) is 17.8 Å². The minimum Gasteiger partial charge on any atom is -0.339 e. The minimum absolute atomic E-state index is 0.0121. The van der Waals surface area contributed by atoms with Crippen LogP contribution in [0.4, 0.5) is 0 Å². The number of hydrogen-bond acceptors (Lipinski definition) is 4. The number of likely N-dealkylation sites (tertiary alicyclic amines) is 2. The zero-order valence-corrected chi connectivity index (χ0v) is 15.0. The lowest BCUT2D eigenvalue weighted by molar-refractivity contribution is -0.140. The fraction of sp³-hybridized carbons (Fsp3) is 0.778. The number of piperidine rings is 2. The number of carbonyl (C=O) groups is 2. The molecule has 0 saturated carbocycles. The predicted molar refractivity (Wildman–Crippen MR) is 92.0 cm³/mol. The van der Waals surface area contributed by atoms with Gasteiger partial charge in [-0.15, -0.1) is 10.2 Å². The number of aryl methyl sites for hydroxylation is 1. The monoisotopic (exact) mass is 345 g/mol. The third-order valence-corrected chi connectivity index (χ3v) is 5.95. The van der Waals surface area contributed by atoms with Crippen molar-refractivity contribution in [2.24, 2.45) is 5.92 Å². The van der Waals surface area contributed by atoms with E-state index in [9.17, 15) is 9.59 Å². The van der Waals surface area contributed by atoms with Crippen molar-refractivity contribution in [2.45, 2.75) is 64.5 Å². The Labute approximate surface area is 148 Å². The standard InChI is InChI=1S/C18H27N5O2/c1-2-9-22-14-8-11-21(12-13(14)6-7-16(22)24)18(25)17-20-19-15-5-3-4-10-23(15)17/h13-14H,2-12H2,1H3. The molecule has 2 saturated heterocycles. The molecule has 0 bridgehead atoms. The molecule has 3 aliphatic heterocycles. The Morgan fingerprint density at radius 2 is 2.04 bits per heavy atom. The van der Waals surface area contributed by atoms with Crippen molar-refractivity contribution in [1.82, 2.24) is 24.6 Å². The highest BCUT2D eigenvalue weighted by atomic mass is 16.2. The Bertz CT molecular complexity index is 670. The first-order chi connectivity index (χ1) is 12.2. The molecule has 1 aromatic heterocycles. The van der Waals surface area contributed by atoms with Gasteiger partial charge in [-0.25, -0.2) is 0 Å². The highest BCUT2D eigenvalue weighted by molar-refractivity contribution is 5.91. The Kier molecular flexibility index (Phi) is 4.48. The summed E-state index contributed by atoms with van der Waals surface area (Å²) in [7, 11) is 0. The number of fused-ring (bicyclic) bond motifs is 2. The first-order valence-corrected chi connectivity index (χ1v) is 9.70. The average Bonchev–Trinajstić information content (AvgIpc) is 3.07. The largest absolute Gasteiger partial charge is 0.339 e. The second kappa shape index (κ2) is 6.77. The molecule has 0 N–H and O–H groups in total. The summed E-state index contributed by atoms with van der Waals surface area (Å²) in [6, 6.07) is 0.303. The van der Waals surface area contributed by atoms with Gasteiger partial charge in [-0.05, 0) is 38.0 Å². The van der Waals surface area contributed by atoms with Gasteiger partial charge >= 0.3 is 0 Å². The quantitative estimate of drug-likeness (QED) is 0.832. The van der Waals surface area contributed by atoms with E-state index in [1.54, 1.807) is 0 Å². The van der Waals surface area contributed by atoms with Crippen LogP contribution in [0, 0.1) is 5.92 Å². The van der Waals surface area contributed by atoms with E-state index in [-0.39, 0.29) is 11.8 Å². The molecule has 2 atom stereocenters. The summed E-state index contributed by atoms with van der Waals surface area (Å²) in [4.78, 5) is 29.2. The average molecular weight is 345 g/mol. The van der Waals surface area contributed by atoms with Crippen molar-refractivity contribution < 1.29 is 9.59 Å². The Hall–Kier alpha value is -1.92. The lowest BCUT2D eigenvalue weighted by Gasteiger charge is -2.47. The van der Waals surface area contributed by atoms with Crippen LogP contribution >= 0.6 is 0 Å². The lowest BCUT2D eigenvalue weighted by atomic mass is 9.83. The summed E-state index contributed by atoms with van der Waals surface area (Å²) in [6.07, 6.45) is 6.51. The van der Waals surface area contributed by atoms with Gasteiger partial charge in [0.2, 0.25) is 11.7 Å². The zero-order valence-electron chi connectivity index (χ0n) is 15.0. The molecule has 136 valence electrons. The van der Waals surface area contributed by atoms with Crippen molar-refractivity contribution in [3.63, 3.8) is 0 Å². The van der Waals surface area contributed by atoms with E-state index in [4.69, 9.17) is 0 Å². The Morgan fingerprint density at radius 1 is 1.16 bits per heavy atom. The van der Waals surface area contributed by atoms with E-state index in [1.165, 1.54) is 0 Å². The summed E-state index contributed by atoms with van der Waals surface area (Å²) in [5.74, 6) is 2.14. The van der Waals surface area contributed by atoms with Crippen molar-refractivity contribution >= 4 is 11.8 Å². The molecule has 0 radical (unpaired) electrons. The molecule has 0 aromatic carbocycles. The number of nitrogens with zero attached hydrogens (tertiary/aromatic N) is 5. The topological polar surface area (TPSA) is 71.3 Å². The summed E-state index contributed by atoms with van der Waals surface area (Å²) in [5.41, 5.74) is 0. The second-order valence-corrected chi connectivity index (χ2v) is 7.54. The molecule has 25 heavy (non-hydrogen) atoms.